The molecule has 1 aromatic rings. The van der Waals surface area contributed by atoms with Crippen LogP contribution in [0.25, 0.3) is 0 Å². The van der Waals surface area contributed by atoms with Gasteiger partial charge in [0.15, 0.2) is 5.78 Å². The maximum absolute atomic E-state index is 14.7. The standard InChI is InChI=1S/C63H96N6O15/c1-38-17-13-12-14-18-39(2)52(79-9)31-48-22-20-44(7)63(78,84-48)58(74)59(75)69-24-16-15-19-49(69)60(76)82-53(32-50(71)40(3)28-43(6)56(73)57(81-11)55(72)42(5)27-38)41(4)29-45-21-23-51(54(30-45)80-10)83-62(77)66-35-46-33-64-61(65-34-46)68-26-25-67(8)36-47(68)37-70/h12-14,17-18,28,33-34,38,40-42,44-45,47-49,51-54,56-57,70,73,78H,15-16,19-27,29-32,35-37H2,1-11H3,(H,66,77)/b14-12+,17-13+,39-18+,43-28+/t38-,40-,41-,42?,44-,45+,47?,48+,49+,51-,52+,53+,54-,56-,57+,63-/m1/s1. The number of alkyl carbamates (subject to hydrolysis) is 1. The van der Waals surface area contributed by atoms with Crippen LogP contribution in [0.15, 0.2) is 60.0 Å². The van der Waals surface area contributed by atoms with E-state index >= 15 is 0 Å². The van der Waals surface area contributed by atoms with Crippen molar-refractivity contribution in [2.75, 3.05) is 66.1 Å². The van der Waals surface area contributed by atoms with Crippen molar-refractivity contribution in [3.8, 4) is 0 Å². The zero-order valence-corrected chi connectivity index (χ0v) is 51.5. The van der Waals surface area contributed by atoms with Gasteiger partial charge in [0.1, 0.15) is 36.2 Å². The first-order valence-electron chi connectivity index (χ1n) is 30.3. The Bertz CT molecular complexity index is 2510. The maximum Gasteiger partial charge on any atom is 0.407 e. The second kappa shape index (κ2) is 31.9. The number of fused-ring (bicyclic) bond motifs is 3. The van der Waals surface area contributed by atoms with Gasteiger partial charge in [0.2, 0.25) is 11.7 Å². The number of ketones is 3. The number of aliphatic hydroxyl groups is 3. The average molecular weight is 1180 g/mol. The van der Waals surface area contributed by atoms with E-state index < -0.39 is 102 Å². The number of piperazine rings is 1. The molecule has 4 fully saturated rings. The van der Waals surface area contributed by atoms with Crippen molar-refractivity contribution in [1.29, 1.82) is 0 Å². The highest BCUT2D eigenvalue weighted by Gasteiger charge is 2.53. The van der Waals surface area contributed by atoms with Gasteiger partial charge in [0.25, 0.3) is 11.7 Å². The quantitative estimate of drug-likeness (QED) is 0.112. The Morgan fingerprint density at radius 3 is 2.29 bits per heavy atom. The van der Waals surface area contributed by atoms with E-state index in [1.54, 1.807) is 60.4 Å². The van der Waals surface area contributed by atoms with E-state index in [2.05, 4.69) is 20.2 Å². The Kier molecular flexibility index (Phi) is 25.8. The number of nitrogens with zero attached hydrogens (tertiary/aromatic N) is 5. The van der Waals surface area contributed by atoms with E-state index in [1.165, 1.54) is 12.0 Å². The lowest BCUT2D eigenvalue weighted by Gasteiger charge is -2.42. The minimum absolute atomic E-state index is 0.00755. The number of esters is 1. The number of carbonyl (C=O) groups is 6. The molecule has 2 unspecified atom stereocenters. The maximum atomic E-state index is 14.7. The first-order valence-corrected chi connectivity index (χ1v) is 30.3. The molecule has 1 saturated carbocycles. The summed E-state index contributed by atoms with van der Waals surface area (Å²) in [5.41, 5.74) is 1.89. The zero-order chi connectivity index (χ0) is 61.4. The van der Waals surface area contributed by atoms with Crippen molar-refractivity contribution < 1.29 is 72.5 Å². The summed E-state index contributed by atoms with van der Waals surface area (Å²) in [7, 11) is 6.50. The number of Topliss-reactive ketones (excluding diaryl/α,β-unsaturated/α-hetero) is 3. The van der Waals surface area contributed by atoms with Crippen molar-refractivity contribution in [1.82, 2.24) is 25.1 Å². The van der Waals surface area contributed by atoms with Crippen molar-refractivity contribution in [3.63, 3.8) is 0 Å². The van der Waals surface area contributed by atoms with Crippen LogP contribution in [0.5, 0.6) is 0 Å². The second-order valence-electron chi connectivity index (χ2n) is 24.5. The van der Waals surface area contributed by atoms with Crippen LogP contribution in [0.3, 0.4) is 0 Å². The highest BCUT2D eigenvalue weighted by molar-refractivity contribution is 6.39. The van der Waals surface area contributed by atoms with Crippen LogP contribution in [-0.2, 0) is 58.9 Å². The van der Waals surface area contributed by atoms with Crippen LogP contribution in [0.4, 0.5) is 10.7 Å². The number of carbonyl (C=O) groups excluding carboxylic acids is 6. The molecule has 21 heteroatoms. The summed E-state index contributed by atoms with van der Waals surface area (Å²) in [6, 6.07) is -1.32. The summed E-state index contributed by atoms with van der Waals surface area (Å²) in [5, 5.41) is 36.4. The van der Waals surface area contributed by atoms with Gasteiger partial charge in [-0.15, -0.1) is 0 Å². The molecule has 1 aromatic heterocycles. The van der Waals surface area contributed by atoms with E-state index in [-0.39, 0.29) is 62.0 Å². The molecule has 2 bridgehead atoms. The number of piperidine rings is 1. The molecule has 0 spiro atoms. The van der Waals surface area contributed by atoms with Crippen LogP contribution < -0.4 is 10.2 Å². The summed E-state index contributed by atoms with van der Waals surface area (Å²) >= 11 is 0. The molecule has 0 aromatic carbocycles. The monoisotopic (exact) mass is 1180 g/mol. The molecule has 4 aliphatic heterocycles. The number of likely N-dealkylation sites (N-methyl/N-ethyl adjacent to an activating group) is 1. The first kappa shape index (κ1) is 67.9. The molecule has 2 amide bonds. The van der Waals surface area contributed by atoms with Gasteiger partial charge in [-0.2, -0.15) is 0 Å². The van der Waals surface area contributed by atoms with E-state index in [0.29, 0.717) is 94.4 Å². The number of cyclic esters (lactones) is 1. The molecule has 4 N–H and O–H groups in total. The molecule has 21 nitrogen and oxygen atoms in total. The van der Waals surface area contributed by atoms with Crippen LogP contribution in [0, 0.1) is 35.5 Å². The largest absolute Gasteiger partial charge is 0.460 e. The van der Waals surface area contributed by atoms with Gasteiger partial charge >= 0.3 is 12.1 Å². The Balaban J connectivity index is 1.20. The molecular formula is C63H96N6O15. The number of aromatic nitrogens is 2. The van der Waals surface area contributed by atoms with Gasteiger partial charge in [0.05, 0.1) is 31.0 Å². The minimum Gasteiger partial charge on any atom is -0.460 e. The summed E-state index contributed by atoms with van der Waals surface area (Å²) in [6.45, 7) is 14.9. The molecule has 3 saturated heterocycles. The Morgan fingerprint density at radius 1 is 0.857 bits per heavy atom. The molecule has 1 aliphatic carbocycles. The number of allylic oxidation sites excluding steroid dienone is 6. The van der Waals surface area contributed by atoms with Crippen LogP contribution in [0.2, 0.25) is 0 Å². The molecule has 16 atom stereocenters. The fraction of sp³-hybridized carbons (Fsp3) is 0.714. The molecule has 84 heavy (non-hydrogen) atoms. The SMILES string of the molecule is CO[C@H]1C[C@@H]2CC[C@@H](C)[C@@](O)(O2)C(=O)C(=O)N2CCCC[C@H]2C(=O)O[C@H]([C@H](C)C[C@@H]2CC[C@@H](OC(=O)NCc3cnc(N4CCN(C)CC4CO)nc3)[C@H](OC)C2)CC(=O)[C@H](C)/C=C(\C)[C@@H](O)[C@@H](OC)C(=O)C(C)C[C@H](C)/C=C/C=C/C=C/1C. The van der Waals surface area contributed by atoms with Crippen LogP contribution in [0.1, 0.15) is 131 Å². The summed E-state index contributed by atoms with van der Waals surface area (Å²) in [6.07, 6.45) is 12.8. The molecule has 468 valence electrons. The second-order valence-corrected chi connectivity index (χ2v) is 24.5. The number of amides is 2. The van der Waals surface area contributed by atoms with E-state index in [9.17, 15) is 44.1 Å². The summed E-state index contributed by atoms with van der Waals surface area (Å²) in [4.78, 5) is 99.4. The van der Waals surface area contributed by atoms with Crippen LogP contribution in [-0.4, -0.2) is 192 Å². The highest BCUT2D eigenvalue weighted by Crippen LogP contribution is 2.38. The number of anilines is 1. The third kappa shape index (κ3) is 17.9. The van der Waals surface area contributed by atoms with E-state index in [0.717, 1.165) is 12.1 Å². The number of hydrogen-bond donors (Lipinski definition) is 4. The van der Waals surface area contributed by atoms with E-state index in [1.807, 2.05) is 63.1 Å². The van der Waals surface area contributed by atoms with E-state index in [4.69, 9.17) is 28.4 Å². The molecule has 5 aliphatic rings. The number of aliphatic hydroxyl groups excluding tert-OH is 2. The van der Waals surface area contributed by atoms with Crippen molar-refractivity contribution in [3.05, 3.63) is 65.6 Å². The average Bonchev–Trinajstić information content (AvgIpc) is 3.67. The van der Waals surface area contributed by atoms with Crippen LogP contribution >= 0.6 is 0 Å². The first-order chi connectivity index (χ1) is 40.0. The number of nitrogens with one attached hydrogen (secondary N) is 1. The number of hydrogen-bond acceptors (Lipinski definition) is 19. The van der Waals surface area contributed by atoms with Crippen molar-refractivity contribution >= 4 is 41.3 Å². The minimum atomic E-state index is -2.47. The van der Waals surface area contributed by atoms with Gasteiger partial charge in [-0.05, 0) is 114 Å². The normalized spacial score (nSPS) is 36.0. The molecule has 5 heterocycles. The molecule has 0 radical (unpaired) electrons. The Morgan fingerprint density at radius 2 is 1.60 bits per heavy atom. The Labute approximate surface area is 496 Å². The topological polar surface area (TPSA) is 266 Å². The predicted molar refractivity (Wildman–Crippen MR) is 314 cm³/mol. The lowest BCUT2D eigenvalue weighted by Crippen LogP contribution is -2.61. The van der Waals surface area contributed by atoms with Gasteiger partial charge in [0, 0.05) is 103 Å². The molecule has 6 rings (SSSR count). The number of methoxy groups -OCH3 is 3. The zero-order valence-electron chi connectivity index (χ0n) is 51.5. The summed E-state index contributed by atoms with van der Waals surface area (Å²) < 4.78 is 35.9. The smallest absolute Gasteiger partial charge is 0.407 e. The fourth-order valence-electron chi connectivity index (χ4n) is 12.6. The van der Waals surface area contributed by atoms with Gasteiger partial charge in [-0.1, -0.05) is 71.1 Å². The van der Waals surface area contributed by atoms with Gasteiger partial charge in [-0.3, -0.25) is 19.2 Å². The predicted octanol–water partition coefficient (Wildman–Crippen LogP) is 6.02. The number of ether oxygens (including phenoxy) is 6. The summed E-state index contributed by atoms with van der Waals surface area (Å²) in [5.74, 6) is -8.03. The lowest BCUT2D eigenvalue weighted by molar-refractivity contribution is -0.265. The molecular weight excluding hydrogens is 1080 g/mol. The van der Waals surface area contributed by atoms with Gasteiger partial charge < -0.3 is 63.8 Å². The highest BCUT2D eigenvalue weighted by atomic mass is 16.6. The third-order valence-corrected chi connectivity index (χ3v) is 18.0. The third-order valence-electron chi connectivity index (χ3n) is 18.0. The number of rotatable bonds is 11. The Hall–Kier alpha value is -5.26. The van der Waals surface area contributed by atoms with Crippen molar-refractivity contribution in [2.45, 2.75) is 193 Å². The van der Waals surface area contributed by atoms with Crippen molar-refractivity contribution in [2.24, 2.45) is 35.5 Å². The fourth-order valence-corrected chi connectivity index (χ4v) is 12.6. The lowest BCUT2D eigenvalue weighted by atomic mass is 9.78. The van der Waals surface area contributed by atoms with Gasteiger partial charge in [-0.25, -0.2) is 19.6 Å².